The average Bonchev–Trinajstić information content (AvgIpc) is 3.89. The lowest BCUT2D eigenvalue weighted by Gasteiger charge is -2.29. The molecule has 3 aromatic heterocycles. The molecule has 59 heavy (non-hydrogen) atoms. The molecular weight excluding hydrogens is 777 g/mol. The van der Waals surface area contributed by atoms with Crippen molar-refractivity contribution in [1.29, 1.82) is 10.5 Å². The van der Waals surface area contributed by atoms with Gasteiger partial charge in [-0.2, -0.15) is 15.6 Å². The number of hydrogen-bond acceptors (Lipinski definition) is 14. The second-order valence-corrected chi connectivity index (χ2v) is 17.4. The molecule has 1 unspecified atom stereocenters. The van der Waals surface area contributed by atoms with Crippen molar-refractivity contribution in [3.63, 3.8) is 0 Å². The van der Waals surface area contributed by atoms with Crippen LogP contribution in [0.2, 0.25) is 0 Å². The third-order valence-electron chi connectivity index (χ3n) is 10.7. The Morgan fingerprint density at radius 1 is 0.881 bits per heavy atom. The van der Waals surface area contributed by atoms with E-state index < -0.39 is 56.8 Å². The maximum Gasteiger partial charge on any atom is 0.472 e. The Kier molecular flexibility index (Phi) is 17.9. The lowest BCUT2D eigenvalue weighted by Crippen LogP contribution is -2.45. The van der Waals surface area contributed by atoms with Crippen LogP contribution in [-0.2, 0) is 32.6 Å². The van der Waals surface area contributed by atoms with Crippen molar-refractivity contribution in [3.8, 4) is 17.9 Å². The van der Waals surface area contributed by atoms with Gasteiger partial charge in [0, 0.05) is 6.61 Å². The Bertz CT molecular complexity index is 1870. The van der Waals surface area contributed by atoms with Crippen LogP contribution in [0.3, 0.4) is 0 Å². The minimum atomic E-state index is -4.81. The van der Waals surface area contributed by atoms with Crippen molar-refractivity contribution in [2.24, 2.45) is 0 Å². The smallest absolute Gasteiger partial charge is 0.472 e. The molecule has 3 N–H and O–H groups in total. The van der Waals surface area contributed by atoms with Crippen LogP contribution in [0.5, 0.6) is 5.75 Å². The number of hydrogen-bond donors (Lipinski definition) is 2. The molecule has 17 heteroatoms. The number of phosphoric acid groups is 1. The molecule has 0 spiro atoms. The van der Waals surface area contributed by atoms with Gasteiger partial charge in [-0.05, 0) is 44.5 Å². The minimum absolute atomic E-state index is 0.0506. The van der Waals surface area contributed by atoms with Crippen LogP contribution in [-0.4, -0.2) is 80.6 Å². The normalized spacial score (nSPS) is 22.4. The van der Waals surface area contributed by atoms with Gasteiger partial charge in [0.15, 0.2) is 11.6 Å². The predicted octanol–water partition coefficient (Wildman–Crippen LogP) is 8.29. The van der Waals surface area contributed by atoms with E-state index in [1.807, 2.05) is 6.07 Å². The molecule has 16 nitrogen and oxygen atoms in total. The molecule has 0 radical (unpaired) electrons. The summed E-state index contributed by atoms with van der Waals surface area (Å²) in [7, 11) is -4.81. The van der Waals surface area contributed by atoms with Gasteiger partial charge >= 0.3 is 7.82 Å². The summed E-state index contributed by atoms with van der Waals surface area (Å²) in [5, 5.41) is 23.9. The number of anilines is 1. The second-order valence-electron chi connectivity index (χ2n) is 15.9. The number of aromatic nitrogens is 4. The lowest BCUT2D eigenvalue weighted by atomic mass is 9.96. The van der Waals surface area contributed by atoms with Gasteiger partial charge in [0.1, 0.15) is 66.4 Å². The summed E-state index contributed by atoms with van der Waals surface area (Å²) in [4.78, 5) is 18.9. The van der Waals surface area contributed by atoms with Crippen molar-refractivity contribution in [3.05, 3.63) is 48.2 Å². The summed E-state index contributed by atoms with van der Waals surface area (Å²) < 4.78 is 56.3. The number of nitrogens with two attached hydrogens (primary N) is 1. The summed E-state index contributed by atoms with van der Waals surface area (Å²) in [5.74, 6) is -0.527. The van der Waals surface area contributed by atoms with E-state index in [1.165, 1.54) is 102 Å². The zero-order chi connectivity index (χ0) is 42.1. The first-order valence-electron chi connectivity index (χ1n) is 21.2. The zero-order valence-corrected chi connectivity index (χ0v) is 35.7. The summed E-state index contributed by atoms with van der Waals surface area (Å²) in [5.41, 5.74) is 5.44. The maximum absolute atomic E-state index is 13.3. The number of unbranched alkanes of at least 4 members (excludes halogenated alkanes) is 15. The van der Waals surface area contributed by atoms with E-state index in [-0.39, 0.29) is 18.1 Å². The number of pyridine rings is 1. The van der Waals surface area contributed by atoms with E-state index in [1.54, 1.807) is 36.6 Å². The van der Waals surface area contributed by atoms with Crippen molar-refractivity contribution >= 4 is 19.2 Å². The minimum Gasteiger partial charge on any atom is -0.484 e. The van der Waals surface area contributed by atoms with E-state index in [4.69, 9.17) is 43.7 Å². The molecule has 6 atom stereocenters. The summed E-state index contributed by atoms with van der Waals surface area (Å²) in [6.07, 6.45) is 19.6. The van der Waals surface area contributed by atoms with Crippen LogP contribution in [0, 0.1) is 22.7 Å². The van der Waals surface area contributed by atoms with Crippen LogP contribution >= 0.6 is 7.82 Å². The van der Waals surface area contributed by atoms with Gasteiger partial charge in [0.2, 0.25) is 5.60 Å². The molecule has 3 aromatic rings. The van der Waals surface area contributed by atoms with Crippen LogP contribution in [0.4, 0.5) is 5.82 Å². The molecule has 2 aliphatic heterocycles. The van der Waals surface area contributed by atoms with Gasteiger partial charge in [-0.15, -0.1) is 0 Å². The predicted molar refractivity (Wildman–Crippen MR) is 219 cm³/mol. The molecule has 2 fully saturated rings. The Hall–Kier alpha value is -3.70. The molecule has 5 rings (SSSR count). The topological polar surface area (TPSA) is 219 Å². The quantitative estimate of drug-likeness (QED) is 0.0519. The molecule has 0 saturated carbocycles. The molecule has 2 aliphatic rings. The number of fused-ring (bicyclic) bond motifs is 2. The summed E-state index contributed by atoms with van der Waals surface area (Å²) in [6.45, 7) is 5.12. The molecule has 0 amide bonds. The Balaban J connectivity index is 1.07. The third-order valence-corrected chi connectivity index (χ3v) is 11.6. The molecule has 0 bridgehead atoms. The van der Waals surface area contributed by atoms with Gasteiger partial charge in [-0.1, -0.05) is 103 Å². The highest BCUT2D eigenvalue weighted by molar-refractivity contribution is 7.47. The largest absolute Gasteiger partial charge is 0.484 e. The molecule has 2 saturated heterocycles. The zero-order valence-electron chi connectivity index (χ0n) is 34.8. The highest BCUT2D eigenvalue weighted by atomic mass is 31.2. The van der Waals surface area contributed by atoms with Crippen molar-refractivity contribution in [2.75, 3.05) is 32.2 Å². The first kappa shape index (κ1) is 46.4. The number of nitrogens with zero attached hydrogens (tertiary/aromatic N) is 6. The van der Waals surface area contributed by atoms with Crippen molar-refractivity contribution in [2.45, 2.75) is 159 Å². The van der Waals surface area contributed by atoms with Crippen molar-refractivity contribution in [1.82, 2.24) is 19.6 Å². The fourth-order valence-electron chi connectivity index (χ4n) is 7.57. The number of nitriles is 2. The van der Waals surface area contributed by atoms with Gasteiger partial charge in [-0.25, -0.2) is 19.0 Å². The molecule has 5 heterocycles. The lowest BCUT2D eigenvalue weighted by molar-refractivity contribution is -0.204. The number of nitrogen functional groups attached to an aromatic ring is 1. The summed E-state index contributed by atoms with van der Waals surface area (Å²) >= 11 is 0. The Labute approximate surface area is 348 Å². The Morgan fingerprint density at radius 3 is 2.15 bits per heavy atom. The van der Waals surface area contributed by atoms with Gasteiger partial charge in [0.05, 0.1) is 25.1 Å². The first-order chi connectivity index (χ1) is 28.5. The van der Waals surface area contributed by atoms with E-state index in [9.17, 15) is 14.7 Å². The van der Waals surface area contributed by atoms with Gasteiger partial charge < -0.3 is 34.3 Å². The Morgan fingerprint density at radius 2 is 1.54 bits per heavy atom. The molecule has 324 valence electrons. The first-order valence-corrected chi connectivity index (χ1v) is 22.7. The van der Waals surface area contributed by atoms with E-state index in [0.29, 0.717) is 23.6 Å². The summed E-state index contributed by atoms with van der Waals surface area (Å²) in [6, 6.07) is 10.6. The van der Waals surface area contributed by atoms with Crippen molar-refractivity contribution < 1.29 is 42.2 Å². The molecule has 0 aliphatic carbocycles. The average molecular weight is 840 g/mol. The molecule has 0 aromatic carbocycles. The fourth-order valence-corrected chi connectivity index (χ4v) is 8.36. The highest BCUT2D eigenvalue weighted by Gasteiger charge is 2.65. The van der Waals surface area contributed by atoms with Crippen LogP contribution in [0.1, 0.15) is 141 Å². The number of ether oxygens (including phenoxy) is 5. The van der Waals surface area contributed by atoms with Gasteiger partial charge in [-0.3, -0.25) is 9.05 Å². The van der Waals surface area contributed by atoms with Crippen LogP contribution < -0.4 is 10.5 Å². The van der Waals surface area contributed by atoms with E-state index in [0.717, 1.165) is 19.3 Å². The van der Waals surface area contributed by atoms with E-state index in [2.05, 4.69) is 28.1 Å². The SMILES string of the molecule is CCCCCCCCCCCCCCCCCCOC[C@H](COP(=O)(O)OC[C@@]1(C#N)O[C@@H](c2ccc3c(N)ncnn23)[C@@H]2OC(C)(C)O[C@@H]21)Oc1ccc(C#N)nc1. The van der Waals surface area contributed by atoms with E-state index >= 15 is 0 Å². The third kappa shape index (κ3) is 13.7. The molecular formula is C42H62N7O9P. The standard InChI is InChI=1S/C42H62N7O9P/c1-4-5-6-7-8-9-10-11-12-13-14-15-16-17-18-19-24-52-27-34(55-33-21-20-32(25-43)46-26-33)28-53-59(50,51)54-30-42(29-44)39-38(56-41(2,3)58-39)37(57-42)35-22-23-36-40(45)47-31-48-49(35)36/h20-23,26,31,34,37-39H,4-19,24,27-28,30H2,1-3H3,(H,50,51)(H2,45,47,48)/t34-,37+,38+,39+,42-/m1/s1. The number of rotatable bonds is 28. The number of phosphoric ester groups is 1. The fraction of sp³-hybridized carbons (Fsp3) is 0.690. The van der Waals surface area contributed by atoms with Crippen LogP contribution in [0.25, 0.3) is 5.52 Å². The highest BCUT2D eigenvalue weighted by Crippen LogP contribution is 2.52. The second kappa shape index (κ2) is 22.8. The van der Waals surface area contributed by atoms with Gasteiger partial charge in [0.25, 0.3) is 0 Å². The maximum atomic E-state index is 13.3. The monoisotopic (exact) mass is 839 g/mol. The van der Waals surface area contributed by atoms with Crippen LogP contribution in [0.15, 0.2) is 36.8 Å².